The molecular weight excluding hydrogens is 353 g/mol. The van der Waals surface area contributed by atoms with E-state index in [1.165, 1.54) is 28.2 Å². The summed E-state index contributed by atoms with van der Waals surface area (Å²) < 4.78 is 15.6. The summed E-state index contributed by atoms with van der Waals surface area (Å²) in [5.41, 5.74) is 1.47. The summed E-state index contributed by atoms with van der Waals surface area (Å²) >= 11 is 7.16. The number of aromatic nitrogens is 4. The molecule has 0 saturated carbocycles. The maximum Gasteiger partial charge on any atom is 0.259 e. The number of hydrogen-bond donors (Lipinski definition) is 1. The first-order valence-corrected chi connectivity index (χ1v) is 8.12. The first-order valence-electron chi connectivity index (χ1n) is 6.86. The minimum Gasteiger partial charge on any atom is -0.304 e. The number of thiophene rings is 1. The van der Waals surface area contributed by atoms with Crippen molar-refractivity contribution in [3.8, 4) is 0 Å². The topological polar surface area (TPSA) is 72.7 Å². The zero-order valence-corrected chi connectivity index (χ0v) is 13.8. The Morgan fingerprint density at radius 1 is 1.42 bits per heavy atom. The number of carbonyl (C=O) groups is 1. The zero-order chi connectivity index (χ0) is 16.8. The fourth-order valence-corrected chi connectivity index (χ4v) is 3.44. The van der Waals surface area contributed by atoms with Gasteiger partial charge in [-0.1, -0.05) is 0 Å². The van der Waals surface area contributed by atoms with Gasteiger partial charge in [-0.15, -0.1) is 11.3 Å². The Morgan fingerprint density at radius 3 is 3.08 bits per heavy atom. The predicted molar refractivity (Wildman–Crippen MR) is 91.1 cm³/mol. The molecule has 1 N–H and O–H groups in total. The van der Waals surface area contributed by atoms with Gasteiger partial charge in [0.25, 0.3) is 5.91 Å². The van der Waals surface area contributed by atoms with E-state index in [1.54, 1.807) is 24.7 Å². The SMILES string of the molecule is Cn1nc(NC(=O)c2csc3cnc(Cl)nc23)c2ccc(F)cc21. The summed E-state index contributed by atoms with van der Waals surface area (Å²) in [5.74, 6) is -0.365. The van der Waals surface area contributed by atoms with Crippen LogP contribution in [0.5, 0.6) is 0 Å². The number of benzene rings is 1. The van der Waals surface area contributed by atoms with Gasteiger partial charge in [-0.25, -0.2) is 14.4 Å². The molecule has 0 aliphatic rings. The second kappa shape index (κ2) is 5.50. The standard InChI is InChI=1S/C15H9ClFN5OS/c1-22-10-4-7(17)2-3-8(10)13(21-22)20-14(23)9-6-24-11-5-18-15(16)19-12(9)11/h2-6H,1H3,(H,20,21,23). The van der Waals surface area contributed by atoms with Crippen molar-refractivity contribution in [3.05, 3.63) is 46.4 Å². The average molecular weight is 362 g/mol. The van der Waals surface area contributed by atoms with Crippen molar-refractivity contribution in [2.45, 2.75) is 0 Å². The van der Waals surface area contributed by atoms with E-state index in [9.17, 15) is 9.18 Å². The monoisotopic (exact) mass is 361 g/mol. The summed E-state index contributed by atoms with van der Waals surface area (Å²) in [6.07, 6.45) is 1.57. The van der Waals surface area contributed by atoms with Gasteiger partial charge in [0.2, 0.25) is 5.28 Å². The van der Waals surface area contributed by atoms with E-state index in [4.69, 9.17) is 11.6 Å². The van der Waals surface area contributed by atoms with Crippen LogP contribution in [0.1, 0.15) is 10.4 Å². The Hall–Kier alpha value is -2.58. The van der Waals surface area contributed by atoms with Gasteiger partial charge in [-0.2, -0.15) is 5.10 Å². The minimum absolute atomic E-state index is 0.0775. The summed E-state index contributed by atoms with van der Waals surface area (Å²) in [6, 6.07) is 4.27. The molecule has 120 valence electrons. The van der Waals surface area contributed by atoms with E-state index in [-0.39, 0.29) is 17.0 Å². The molecule has 0 aliphatic carbocycles. The third-order valence-electron chi connectivity index (χ3n) is 3.57. The lowest BCUT2D eigenvalue weighted by atomic mass is 10.2. The number of carbonyl (C=O) groups excluding carboxylic acids is 1. The molecule has 0 fully saturated rings. The maximum absolute atomic E-state index is 13.4. The van der Waals surface area contributed by atoms with Crippen LogP contribution >= 0.6 is 22.9 Å². The van der Waals surface area contributed by atoms with Crippen molar-refractivity contribution in [2.75, 3.05) is 5.32 Å². The number of amides is 1. The molecule has 9 heteroatoms. The van der Waals surface area contributed by atoms with Crippen LogP contribution in [0.15, 0.2) is 29.8 Å². The van der Waals surface area contributed by atoms with E-state index < -0.39 is 0 Å². The molecule has 0 saturated heterocycles. The number of hydrogen-bond acceptors (Lipinski definition) is 5. The second-order valence-corrected chi connectivity index (χ2v) is 6.34. The van der Waals surface area contributed by atoms with E-state index in [0.717, 1.165) is 4.70 Å². The molecule has 1 amide bonds. The van der Waals surface area contributed by atoms with Crippen LogP contribution in [0.25, 0.3) is 21.1 Å². The Bertz CT molecular complexity index is 1110. The number of nitrogens with one attached hydrogen (secondary N) is 1. The van der Waals surface area contributed by atoms with E-state index >= 15 is 0 Å². The van der Waals surface area contributed by atoms with Crippen LogP contribution in [0.2, 0.25) is 5.28 Å². The molecule has 0 bridgehead atoms. The first kappa shape index (κ1) is 15.0. The number of aryl methyl sites for hydroxylation is 1. The molecule has 0 radical (unpaired) electrons. The third kappa shape index (κ3) is 2.40. The van der Waals surface area contributed by atoms with Crippen molar-refractivity contribution in [1.29, 1.82) is 0 Å². The highest BCUT2D eigenvalue weighted by molar-refractivity contribution is 7.17. The molecule has 3 heterocycles. The predicted octanol–water partition coefficient (Wildman–Crippen LogP) is 3.62. The lowest BCUT2D eigenvalue weighted by Gasteiger charge is -2.01. The highest BCUT2D eigenvalue weighted by Crippen LogP contribution is 2.27. The third-order valence-corrected chi connectivity index (χ3v) is 4.66. The van der Waals surface area contributed by atoms with Crippen LogP contribution in [-0.4, -0.2) is 25.7 Å². The first-order chi connectivity index (χ1) is 11.5. The van der Waals surface area contributed by atoms with Gasteiger partial charge in [0.15, 0.2) is 5.82 Å². The van der Waals surface area contributed by atoms with E-state index in [1.807, 2.05) is 0 Å². The summed E-state index contributed by atoms with van der Waals surface area (Å²) in [5, 5.41) is 9.41. The van der Waals surface area contributed by atoms with Gasteiger partial charge in [-0.3, -0.25) is 9.48 Å². The number of fused-ring (bicyclic) bond motifs is 2. The fourth-order valence-electron chi connectivity index (χ4n) is 2.47. The molecule has 0 unspecified atom stereocenters. The molecule has 0 aliphatic heterocycles. The molecule has 4 rings (SSSR count). The molecule has 1 aromatic carbocycles. The minimum atomic E-state index is -0.362. The second-order valence-electron chi connectivity index (χ2n) is 5.09. The maximum atomic E-state index is 13.4. The smallest absolute Gasteiger partial charge is 0.259 e. The normalized spacial score (nSPS) is 11.3. The fraction of sp³-hybridized carbons (Fsp3) is 0.0667. The van der Waals surface area contributed by atoms with Gasteiger partial charge in [0.1, 0.15) is 5.82 Å². The van der Waals surface area contributed by atoms with Crippen molar-refractivity contribution in [1.82, 2.24) is 19.7 Å². The molecular formula is C15H9ClFN5OS. The lowest BCUT2D eigenvalue weighted by Crippen LogP contribution is -2.12. The Labute approximate surface area is 143 Å². The van der Waals surface area contributed by atoms with Crippen molar-refractivity contribution in [3.63, 3.8) is 0 Å². The molecule has 4 aromatic rings. The van der Waals surface area contributed by atoms with Crippen molar-refractivity contribution >= 4 is 55.8 Å². The highest BCUT2D eigenvalue weighted by Gasteiger charge is 2.18. The summed E-state index contributed by atoms with van der Waals surface area (Å²) in [4.78, 5) is 20.6. The molecule has 24 heavy (non-hydrogen) atoms. The van der Waals surface area contributed by atoms with Gasteiger partial charge >= 0.3 is 0 Å². The molecule has 0 spiro atoms. The summed E-state index contributed by atoms with van der Waals surface area (Å²) in [6.45, 7) is 0. The quantitative estimate of drug-likeness (QED) is 0.553. The largest absolute Gasteiger partial charge is 0.304 e. The highest BCUT2D eigenvalue weighted by atomic mass is 35.5. The van der Waals surface area contributed by atoms with Crippen LogP contribution < -0.4 is 5.32 Å². The van der Waals surface area contributed by atoms with Gasteiger partial charge in [0.05, 0.1) is 21.3 Å². The van der Waals surface area contributed by atoms with Crippen molar-refractivity contribution < 1.29 is 9.18 Å². The van der Waals surface area contributed by atoms with Crippen LogP contribution in [0.4, 0.5) is 10.2 Å². The molecule has 3 aromatic heterocycles. The molecule has 6 nitrogen and oxygen atoms in total. The van der Waals surface area contributed by atoms with Gasteiger partial charge in [-0.05, 0) is 29.8 Å². The average Bonchev–Trinajstić information content (AvgIpc) is 3.09. The van der Waals surface area contributed by atoms with Crippen LogP contribution in [-0.2, 0) is 7.05 Å². The molecule has 0 atom stereocenters. The van der Waals surface area contributed by atoms with Crippen molar-refractivity contribution in [2.24, 2.45) is 7.05 Å². The number of halogens is 2. The van der Waals surface area contributed by atoms with Gasteiger partial charge < -0.3 is 5.32 Å². The number of nitrogens with zero attached hydrogens (tertiary/aromatic N) is 4. The lowest BCUT2D eigenvalue weighted by molar-refractivity contribution is 0.102. The Morgan fingerprint density at radius 2 is 2.25 bits per heavy atom. The van der Waals surface area contributed by atoms with Gasteiger partial charge in [0, 0.05) is 24.0 Å². The number of anilines is 1. The Balaban J connectivity index is 1.75. The van der Waals surface area contributed by atoms with E-state index in [2.05, 4.69) is 20.4 Å². The number of rotatable bonds is 2. The van der Waals surface area contributed by atoms with Crippen LogP contribution in [0.3, 0.4) is 0 Å². The Kier molecular flexibility index (Phi) is 3.43. The zero-order valence-electron chi connectivity index (χ0n) is 12.2. The van der Waals surface area contributed by atoms with Crippen LogP contribution in [0, 0.1) is 5.82 Å². The van der Waals surface area contributed by atoms with E-state index in [0.29, 0.717) is 27.8 Å². The summed E-state index contributed by atoms with van der Waals surface area (Å²) in [7, 11) is 1.68.